The molecule has 0 unspecified atom stereocenters. The molecule has 2 aliphatic heterocycles. The van der Waals surface area contributed by atoms with Gasteiger partial charge in [-0.3, -0.25) is 4.79 Å². The van der Waals surface area contributed by atoms with Crippen LogP contribution in [0.3, 0.4) is 0 Å². The van der Waals surface area contributed by atoms with Crippen LogP contribution in [0.4, 0.5) is 17.1 Å². The Bertz CT molecular complexity index is 1850. The average Bonchev–Trinajstić information content (AvgIpc) is 3.38. The molecule has 0 saturated carbocycles. The van der Waals surface area contributed by atoms with E-state index < -0.39 is 37.3 Å². The SMILES string of the molecule is CN(CCCCC(=O)Nc1ccc(CNCCO[C@H]2O[C@H](CO)[C@@H](O)[C@H](O)[C@H]2O)cc1)c1ccccc1C(C)(C)/C=C\C=C\C1=[N+](C)c2ccccc2C1(C)C. The minimum atomic E-state index is -1.47. The Morgan fingerprint density at radius 2 is 1.68 bits per heavy atom. The van der Waals surface area contributed by atoms with Crippen molar-refractivity contribution in [3.63, 3.8) is 0 Å². The van der Waals surface area contributed by atoms with Crippen LogP contribution in [0.25, 0.3) is 0 Å². The van der Waals surface area contributed by atoms with Crippen molar-refractivity contribution in [2.24, 2.45) is 0 Å². The number of hydrogen-bond donors (Lipinski definition) is 6. The van der Waals surface area contributed by atoms with Gasteiger partial charge in [-0.25, -0.2) is 0 Å². The van der Waals surface area contributed by atoms with Gasteiger partial charge in [-0.05, 0) is 56.0 Å². The van der Waals surface area contributed by atoms with Crippen LogP contribution in [0.1, 0.15) is 63.6 Å². The lowest BCUT2D eigenvalue weighted by Crippen LogP contribution is -2.59. The minimum Gasteiger partial charge on any atom is -0.394 e. The normalized spacial score (nSPS) is 22.2. The van der Waals surface area contributed by atoms with E-state index in [4.69, 9.17) is 9.47 Å². The molecule has 1 saturated heterocycles. The summed E-state index contributed by atoms with van der Waals surface area (Å²) >= 11 is 0. The number of allylic oxidation sites excluding steroid dienone is 4. The number of benzene rings is 3. The maximum atomic E-state index is 12.8. The number of ether oxygens (including phenoxy) is 2. The molecule has 2 aliphatic rings. The fourth-order valence-electron chi connectivity index (χ4n) is 7.56. The summed E-state index contributed by atoms with van der Waals surface area (Å²) < 4.78 is 13.2. The lowest BCUT2D eigenvalue weighted by atomic mass is 9.81. The van der Waals surface area contributed by atoms with Crippen molar-refractivity contribution in [2.75, 3.05) is 50.6 Å². The van der Waals surface area contributed by atoms with E-state index in [-0.39, 0.29) is 23.3 Å². The molecule has 5 atom stereocenters. The number of hydrogen-bond acceptors (Lipinski definition) is 9. The third-order valence-electron chi connectivity index (χ3n) is 11.0. The lowest BCUT2D eigenvalue weighted by molar-refractivity contribution is -0.401. The van der Waals surface area contributed by atoms with E-state index in [1.165, 1.54) is 28.2 Å². The highest BCUT2D eigenvalue weighted by Gasteiger charge is 2.44. The van der Waals surface area contributed by atoms with Crippen molar-refractivity contribution in [3.05, 3.63) is 114 Å². The van der Waals surface area contributed by atoms with E-state index in [9.17, 15) is 25.2 Å². The second-order valence-corrected chi connectivity index (χ2v) is 15.9. The second-order valence-electron chi connectivity index (χ2n) is 15.9. The van der Waals surface area contributed by atoms with Crippen molar-refractivity contribution in [2.45, 2.75) is 95.0 Å². The van der Waals surface area contributed by atoms with Gasteiger partial charge < -0.3 is 45.4 Å². The Labute approximate surface area is 332 Å². The zero-order valence-corrected chi connectivity index (χ0v) is 33.7. The molecule has 11 heteroatoms. The molecule has 302 valence electrons. The number of aliphatic hydroxyl groups excluding tert-OH is 4. The minimum absolute atomic E-state index is 0.0159. The monoisotopic (exact) mass is 769 g/mol. The van der Waals surface area contributed by atoms with E-state index >= 15 is 0 Å². The molecular formula is C45H61N4O7+. The maximum Gasteiger partial charge on any atom is 0.224 e. The van der Waals surface area contributed by atoms with Crippen LogP contribution in [-0.4, -0.2) is 108 Å². The van der Waals surface area contributed by atoms with Gasteiger partial charge in [0.25, 0.3) is 0 Å². The summed E-state index contributed by atoms with van der Waals surface area (Å²) in [7, 11) is 4.26. The fourth-order valence-corrected chi connectivity index (χ4v) is 7.56. The Balaban J connectivity index is 1.02. The highest BCUT2D eigenvalue weighted by atomic mass is 16.7. The van der Waals surface area contributed by atoms with Crippen molar-refractivity contribution >= 4 is 28.7 Å². The van der Waals surface area contributed by atoms with Crippen LogP contribution < -0.4 is 15.5 Å². The smallest absolute Gasteiger partial charge is 0.224 e. The van der Waals surface area contributed by atoms with Crippen LogP contribution in [0.5, 0.6) is 0 Å². The average molecular weight is 770 g/mol. The number of carbonyl (C=O) groups is 1. The molecule has 56 heavy (non-hydrogen) atoms. The number of aliphatic hydroxyl groups is 4. The number of carbonyl (C=O) groups excluding carboxylic acids is 1. The Morgan fingerprint density at radius 3 is 2.41 bits per heavy atom. The molecule has 1 amide bonds. The van der Waals surface area contributed by atoms with Gasteiger partial charge in [0, 0.05) is 67.6 Å². The number of nitrogens with one attached hydrogen (secondary N) is 2. The van der Waals surface area contributed by atoms with Crippen LogP contribution in [0.2, 0.25) is 0 Å². The molecule has 3 aromatic carbocycles. The first-order chi connectivity index (χ1) is 26.7. The van der Waals surface area contributed by atoms with Crippen LogP contribution in [-0.2, 0) is 31.6 Å². The predicted octanol–water partition coefficient (Wildman–Crippen LogP) is 4.93. The Kier molecular flexibility index (Phi) is 14.8. The van der Waals surface area contributed by atoms with Gasteiger partial charge in [-0.2, -0.15) is 4.58 Å². The number of anilines is 2. The second kappa shape index (κ2) is 19.3. The topological polar surface area (TPSA) is 147 Å². The first-order valence-electron chi connectivity index (χ1n) is 19.6. The number of fused-ring (bicyclic) bond motifs is 1. The molecule has 3 aromatic rings. The van der Waals surface area contributed by atoms with E-state index in [2.05, 4.69) is 135 Å². The molecule has 0 aromatic heterocycles. The first kappa shape index (κ1) is 42.9. The summed E-state index contributed by atoms with van der Waals surface area (Å²) in [5, 5.41) is 45.4. The lowest BCUT2D eigenvalue weighted by Gasteiger charge is -2.39. The van der Waals surface area contributed by atoms with Crippen molar-refractivity contribution < 1.29 is 39.3 Å². The summed E-state index contributed by atoms with van der Waals surface area (Å²) in [6, 6.07) is 24.8. The molecular weight excluding hydrogens is 709 g/mol. The molecule has 0 spiro atoms. The zero-order valence-electron chi connectivity index (χ0n) is 33.7. The van der Waals surface area contributed by atoms with Crippen LogP contribution in [0, 0.1) is 0 Å². The van der Waals surface area contributed by atoms with Gasteiger partial charge >= 0.3 is 0 Å². The number of para-hydroxylation sites is 2. The fraction of sp³-hybridized carbons (Fsp3) is 0.467. The summed E-state index contributed by atoms with van der Waals surface area (Å²) in [6.45, 7) is 10.6. The van der Waals surface area contributed by atoms with Crippen molar-refractivity contribution in [3.8, 4) is 0 Å². The van der Waals surface area contributed by atoms with E-state index in [1.54, 1.807) is 0 Å². The van der Waals surface area contributed by atoms with Crippen LogP contribution >= 0.6 is 0 Å². The highest BCUT2D eigenvalue weighted by molar-refractivity contribution is 6.03. The molecule has 6 N–H and O–H groups in total. The summed E-state index contributed by atoms with van der Waals surface area (Å²) in [5.74, 6) is -0.0159. The van der Waals surface area contributed by atoms with Gasteiger partial charge in [0.15, 0.2) is 12.0 Å². The number of rotatable bonds is 18. The molecule has 2 heterocycles. The number of nitrogens with zero attached hydrogens (tertiary/aromatic N) is 2. The Morgan fingerprint density at radius 1 is 0.964 bits per heavy atom. The highest BCUT2D eigenvalue weighted by Crippen LogP contribution is 2.39. The maximum absolute atomic E-state index is 12.8. The molecule has 0 bridgehead atoms. The molecule has 5 rings (SSSR count). The first-order valence-corrected chi connectivity index (χ1v) is 19.6. The van der Waals surface area contributed by atoms with E-state index in [0.717, 1.165) is 30.6 Å². The van der Waals surface area contributed by atoms with Gasteiger partial charge in [0.05, 0.1) is 18.6 Å². The summed E-state index contributed by atoms with van der Waals surface area (Å²) in [5.41, 5.74) is 7.82. The van der Waals surface area contributed by atoms with Gasteiger partial charge in [-0.1, -0.05) is 80.6 Å². The van der Waals surface area contributed by atoms with Crippen molar-refractivity contribution in [1.82, 2.24) is 5.32 Å². The third-order valence-corrected chi connectivity index (χ3v) is 11.0. The van der Waals surface area contributed by atoms with Gasteiger partial charge in [0.1, 0.15) is 31.5 Å². The predicted molar refractivity (Wildman–Crippen MR) is 222 cm³/mol. The molecule has 11 nitrogen and oxygen atoms in total. The standard InChI is InChI=1S/C45H60N4O7/c1-44(2,25-13-11-19-38-45(3,4)34-16-8-10-18-36(34)49(38)6)33-15-7-9-17-35(33)48(5)27-14-12-20-39(51)47-32-23-21-31(22-24-32)29-46-26-28-55-43-42(54)41(53)40(52)37(30-50)56-43/h7-11,13,15-19,21-25,37,40-43,46,50,52-54H,12,14,20,26-30H2,1-6H3/p+1/b19-11+,25-13-/t37-,40-,41+,42-,43+/m1/s1. The quantitative estimate of drug-likeness (QED) is 0.0603. The van der Waals surface area contributed by atoms with E-state index in [0.29, 0.717) is 19.5 Å². The zero-order chi connectivity index (χ0) is 40.5. The third kappa shape index (κ3) is 10.4. The molecule has 0 aliphatic carbocycles. The Hall–Kier alpha value is -4.20. The van der Waals surface area contributed by atoms with E-state index in [1.807, 2.05) is 24.3 Å². The van der Waals surface area contributed by atoms with Crippen molar-refractivity contribution in [1.29, 1.82) is 0 Å². The van der Waals surface area contributed by atoms with Gasteiger partial charge in [0.2, 0.25) is 11.6 Å². The van der Waals surface area contributed by atoms with Crippen LogP contribution in [0.15, 0.2) is 97.1 Å². The molecule has 1 fully saturated rings. The summed E-state index contributed by atoms with van der Waals surface area (Å²) in [6.07, 6.45) is 4.45. The number of unbranched alkanes of at least 4 members (excludes halogenated alkanes) is 1. The summed E-state index contributed by atoms with van der Waals surface area (Å²) in [4.78, 5) is 15.0. The number of amides is 1. The molecule has 0 radical (unpaired) electrons. The largest absolute Gasteiger partial charge is 0.394 e. The van der Waals surface area contributed by atoms with Gasteiger partial charge in [-0.15, -0.1) is 0 Å².